The zero-order valence-corrected chi connectivity index (χ0v) is 12.9. The molecule has 0 radical (unpaired) electrons. The summed E-state index contributed by atoms with van der Waals surface area (Å²) < 4.78 is 11.0. The number of carbonyl (C=O) groups is 1. The molecule has 0 aliphatic carbocycles. The molecule has 0 saturated carbocycles. The van der Waals surface area contributed by atoms with Crippen LogP contribution in [-0.2, 0) is 4.79 Å². The fraction of sp³-hybridized carbons (Fsp3) is 0.471. The number of piperidine rings is 1. The van der Waals surface area contributed by atoms with Crippen molar-refractivity contribution in [1.29, 1.82) is 0 Å². The minimum Gasteiger partial charge on any atom is -0.486 e. The normalized spacial score (nSPS) is 21.1. The number of fused-ring (bicyclic) bond motifs is 1. The van der Waals surface area contributed by atoms with Crippen molar-refractivity contribution in [2.75, 3.05) is 33.4 Å². The number of likely N-dealkylation sites (N-methyl/N-ethyl adjacent to an activating group) is 1. The van der Waals surface area contributed by atoms with Gasteiger partial charge in [0, 0.05) is 25.2 Å². The Kier molecular flexibility index (Phi) is 4.63. The summed E-state index contributed by atoms with van der Waals surface area (Å²) in [6.07, 6.45) is 5.66. The lowest BCUT2D eigenvalue weighted by Crippen LogP contribution is -2.46. The standard InChI is InChI=1S/C17H22N2O3/c1-18-14-3-2-8-19(12-14)17(20)7-5-13-4-6-15-16(11-13)22-10-9-21-15/h4-7,11,14,18H,2-3,8-10,12H2,1H3/b7-5+. The molecule has 1 aromatic carbocycles. The van der Waals surface area contributed by atoms with Crippen LogP contribution in [0.15, 0.2) is 24.3 Å². The van der Waals surface area contributed by atoms with Crippen molar-refractivity contribution in [3.05, 3.63) is 29.8 Å². The van der Waals surface area contributed by atoms with Crippen LogP contribution >= 0.6 is 0 Å². The van der Waals surface area contributed by atoms with Crippen molar-refractivity contribution in [3.8, 4) is 11.5 Å². The molecule has 1 N–H and O–H groups in total. The van der Waals surface area contributed by atoms with Gasteiger partial charge in [0.05, 0.1) is 0 Å². The van der Waals surface area contributed by atoms with Gasteiger partial charge in [-0.2, -0.15) is 0 Å². The highest BCUT2D eigenvalue weighted by atomic mass is 16.6. The molecular weight excluding hydrogens is 280 g/mol. The molecule has 5 nitrogen and oxygen atoms in total. The van der Waals surface area contributed by atoms with Crippen molar-refractivity contribution in [2.24, 2.45) is 0 Å². The summed E-state index contributed by atoms with van der Waals surface area (Å²) in [7, 11) is 1.95. The average Bonchev–Trinajstić information content (AvgIpc) is 2.59. The van der Waals surface area contributed by atoms with Crippen LogP contribution in [0.3, 0.4) is 0 Å². The van der Waals surface area contributed by atoms with Gasteiger partial charge in [0.15, 0.2) is 11.5 Å². The number of carbonyl (C=O) groups excluding carboxylic acids is 1. The summed E-state index contributed by atoms with van der Waals surface area (Å²) in [5.74, 6) is 1.58. The van der Waals surface area contributed by atoms with Crippen molar-refractivity contribution >= 4 is 12.0 Å². The molecule has 1 atom stereocenters. The molecule has 3 rings (SSSR count). The van der Waals surface area contributed by atoms with E-state index in [1.165, 1.54) is 0 Å². The molecule has 118 valence electrons. The van der Waals surface area contributed by atoms with Crippen LogP contribution in [-0.4, -0.2) is 50.2 Å². The highest BCUT2D eigenvalue weighted by molar-refractivity contribution is 5.92. The maximum absolute atomic E-state index is 12.3. The van der Waals surface area contributed by atoms with E-state index >= 15 is 0 Å². The third-order valence-corrected chi connectivity index (χ3v) is 4.13. The first kappa shape index (κ1) is 14.9. The Hall–Kier alpha value is -2.01. The van der Waals surface area contributed by atoms with Gasteiger partial charge in [-0.25, -0.2) is 0 Å². The fourth-order valence-electron chi connectivity index (χ4n) is 2.85. The summed E-state index contributed by atoms with van der Waals surface area (Å²) in [5, 5.41) is 3.25. The van der Waals surface area contributed by atoms with Gasteiger partial charge in [-0.15, -0.1) is 0 Å². The van der Waals surface area contributed by atoms with Crippen LogP contribution in [0.2, 0.25) is 0 Å². The zero-order chi connectivity index (χ0) is 15.4. The Balaban J connectivity index is 1.64. The van der Waals surface area contributed by atoms with Crippen molar-refractivity contribution < 1.29 is 14.3 Å². The monoisotopic (exact) mass is 302 g/mol. The summed E-state index contributed by atoms with van der Waals surface area (Å²) in [6.45, 7) is 2.77. The lowest BCUT2D eigenvalue weighted by molar-refractivity contribution is -0.127. The molecule has 0 spiro atoms. The number of likely N-dealkylation sites (tertiary alicyclic amines) is 1. The smallest absolute Gasteiger partial charge is 0.246 e. The number of rotatable bonds is 3. The zero-order valence-electron chi connectivity index (χ0n) is 12.9. The molecule has 2 aliphatic heterocycles. The first-order valence-corrected chi connectivity index (χ1v) is 7.80. The molecule has 5 heteroatoms. The van der Waals surface area contributed by atoms with Crippen LogP contribution in [0.5, 0.6) is 11.5 Å². The highest BCUT2D eigenvalue weighted by Gasteiger charge is 2.20. The third kappa shape index (κ3) is 3.42. The van der Waals surface area contributed by atoms with E-state index < -0.39 is 0 Å². The van der Waals surface area contributed by atoms with Crippen LogP contribution < -0.4 is 14.8 Å². The van der Waals surface area contributed by atoms with Crippen LogP contribution in [0.1, 0.15) is 18.4 Å². The van der Waals surface area contributed by atoms with Gasteiger partial charge in [0.1, 0.15) is 13.2 Å². The largest absolute Gasteiger partial charge is 0.486 e. The van der Waals surface area contributed by atoms with E-state index in [2.05, 4.69) is 5.32 Å². The van der Waals surface area contributed by atoms with E-state index in [1.54, 1.807) is 6.08 Å². The Labute approximate surface area is 130 Å². The van der Waals surface area contributed by atoms with Gasteiger partial charge in [0.25, 0.3) is 0 Å². The van der Waals surface area contributed by atoms with E-state index in [1.807, 2.05) is 36.2 Å². The van der Waals surface area contributed by atoms with E-state index in [9.17, 15) is 4.79 Å². The first-order chi connectivity index (χ1) is 10.8. The van der Waals surface area contributed by atoms with Gasteiger partial charge in [0.2, 0.25) is 5.91 Å². The number of nitrogens with zero attached hydrogens (tertiary/aromatic N) is 1. The summed E-state index contributed by atoms with van der Waals surface area (Å²) in [4.78, 5) is 14.2. The molecular formula is C17H22N2O3. The summed E-state index contributed by atoms with van der Waals surface area (Å²) in [6, 6.07) is 6.13. The molecule has 1 aromatic rings. The minimum atomic E-state index is 0.0647. The van der Waals surface area contributed by atoms with Crippen LogP contribution in [0.4, 0.5) is 0 Å². The Morgan fingerprint density at radius 2 is 2.14 bits per heavy atom. The number of hydrogen-bond donors (Lipinski definition) is 1. The average molecular weight is 302 g/mol. The third-order valence-electron chi connectivity index (χ3n) is 4.13. The fourth-order valence-corrected chi connectivity index (χ4v) is 2.85. The molecule has 22 heavy (non-hydrogen) atoms. The van der Waals surface area contributed by atoms with Gasteiger partial charge in [-0.1, -0.05) is 6.07 Å². The molecule has 0 bridgehead atoms. The molecule has 1 saturated heterocycles. The van der Waals surface area contributed by atoms with Crippen molar-refractivity contribution in [2.45, 2.75) is 18.9 Å². The van der Waals surface area contributed by atoms with E-state index in [0.717, 1.165) is 43.0 Å². The second-order valence-corrected chi connectivity index (χ2v) is 5.65. The van der Waals surface area contributed by atoms with E-state index in [-0.39, 0.29) is 5.91 Å². The van der Waals surface area contributed by atoms with Crippen molar-refractivity contribution in [1.82, 2.24) is 10.2 Å². The quantitative estimate of drug-likeness (QED) is 0.863. The van der Waals surface area contributed by atoms with Gasteiger partial charge in [-0.3, -0.25) is 4.79 Å². The molecule has 1 fully saturated rings. The number of amides is 1. The molecule has 1 unspecified atom stereocenters. The lowest BCUT2D eigenvalue weighted by atomic mass is 10.1. The topological polar surface area (TPSA) is 50.8 Å². The van der Waals surface area contributed by atoms with Crippen LogP contribution in [0.25, 0.3) is 6.08 Å². The second kappa shape index (κ2) is 6.83. The molecule has 2 heterocycles. The first-order valence-electron chi connectivity index (χ1n) is 7.80. The van der Waals surface area contributed by atoms with Crippen molar-refractivity contribution in [3.63, 3.8) is 0 Å². The highest BCUT2D eigenvalue weighted by Crippen LogP contribution is 2.31. The van der Waals surface area contributed by atoms with Gasteiger partial charge in [-0.05, 0) is 43.7 Å². The Morgan fingerprint density at radius 1 is 1.32 bits per heavy atom. The maximum Gasteiger partial charge on any atom is 0.246 e. The van der Waals surface area contributed by atoms with Gasteiger partial charge >= 0.3 is 0 Å². The lowest BCUT2D eigenvalue weighted by Gasteiger charge is -2.31. The van der Waals surface area contributed by atoms with Crippen LogP contribution in [0, 0.1) is 0 Å². The summed E-state index contributed by atoms with van der Waals surface area (Å²) in [5.41, 5.74) is 0.944. The number of hydrogen-bond acceptors (Lipinski definition) is 4. The number of nitrogens with one attached hydrogen (secondary N) is 1. The molecule has 0 aromatic heterocycles. The predicted octanol–water partition coefficient (Wildman–Crippen LogP) is 1.68. The summed E-state index contributed by atoms with van der Waals surface area (Å²) >= 11 is 0. The van der Waals surface area contributed by atoms with E-state index in [0.29, 0.717) is 19.3 Å². The molecule has 2 aliphatic rings. The number of ether oxygens (including phenoxy) is 2. The van der Waals surface area contributed by atoms with E-state index in [4.69, 9.17) is 9.47 Å². The Bertz CT molecular complexity index is 571. The maximum atomic E-state index is 12.3. The SMILES string of the molecule is CNC1CCCN(C(=O)/C=C/c2ccc3c(c2)OCCO3)C1. The molecule has 1 amide bonds. The van der Waals surface area contributed by atoms with Gasteiger partial charge < -0.3 is 19.7 Å². The minimum absolute atomic E-state index is 0.0647. The second-order valence-electron chi connectivity index (χ2n) is 5.65. The Morgan fingerprint density at radius 3 is 2.95 bits per heavy atom. The number of benzene rings is 1. The predicted molar refractivity (Wildman–Crippen MR) is 85.1 cm³/mol.